The Balaban J connectivity index is 1.48. The summed E-state index contributed by atoms with van der Waals surface area (Å²) in [6.45, 7) is 0. The molecule has 0 aliphatic carbocycles. The number of aromatic nitrogens is 4. The molecule has 0 saturated carbocycles. The molecule has 2 aromatic carbocycles. The van der Waals surface area contributed by atoms with Crippen LogP contribution in [0.15, 0.2) is 47.8 Å². The fraction of sp³-hybridized carbons (Fsp3) is 0.0556. The highest BCUT2D eigenvalue weighted by Gasteiger charge is 2.13. The van der Waals surface area contributed by atoms with E-state index in [9.17, 15) is 4.39 Å². The van der Waals surface area contributed by atoms with Crippen LogP contribution in [0.3, 0.4) is 0 Å². The van der Waals surface area contributed by atoms with Gasteiger partial charge in [-0.05, 0) is 42.5 Å². The van der Waals surface area contributed by atoms with Crippen LogP contribution in [0.1, 0.15) is 0 Å². The Morgan fingerprint density at radius 1 is 1.11 bits per heavy atom. The number of rotatable bonds is 4. The molecule has 5 aromatic rings. The van der Waals surface area contributed by atoms with Crippen molar-refractivity contribution in [2.75, 3.05) is 12.4 Å². The lowest BCUT2D eigenvalue weighted by Crippen LogP contribution is -1.93. The Bertz CT molecular complexity index is 1260. The fourth-order valence-corrected chi connectivity index (χ4v) is 4.45. The number of benzene rings is 2. The van der Waals surface area contributed by atoms with Crippen LogP contribution in [0.4, 0.5) is 15.5 Å². The highest BCUT2D eigenvalue weighted by atomic mass is 32.1. The summed E-state index contributed by atoms with van der Waals surface area (Å²) in [5.41, 5.74) is 2.63. The molecule has 0 bridgehead atoms. The zero-order chi connectivity index (χ0) is 18.4. The summed E-state index contributed by atoms with van der Waals surface area (Å²) in [5, 5.41) is 10.4. The third kappa shape index (κ3) is 2.90. The summed E-state index contributed by atoms with van der Waals surface area (Å²) >= 11 is 2.98. The van der Waals surface area contributed by atoms with Gasteiger partial charge in [0.2, 0.25) is 10.9 Å². The van der Waals surface area contributed by atoms with Crippen molar-refractivity contribution < 1.29 is 9.13 Å². The molecule has 0 fully saturated rings. The van der Waals surface area contributed by atoms with Crippen LogP contribution in [0, 0.1) is 5.82 Å². The topological polar surface area (TPSA) is 64.3 Å². The first-order valence-electron chi connectivity index (χ1n) is 8.01. The standard InChI is InChI=1S/C18H12FN5OS2/c1-25-12-6-7-13-15(8-12)27-17(20-13)21-16-22-18-24(23-16)14(9-26-18)10-2-4-11(19)5-3-10/h2-9H,1H3,(H,20,21,23). The maximum absolute atomic E-state index is 13.2. The molecular weight excluding hydrogens is 385 g/mol. The minimum Gasteiger partial charge on any atom is -0.497 e. The predicted octanol–water partition coefficient (Wildman–Crippen LogP) is 4.96. The quantitative estimate of drug-likeness (QED) is 0.464. The summed E-state index contributed by atoms with van der Waals surface area (Å²) < 4.78 is 21.2. The van der Waals surface area contributed by atoms with Crippen molar-refractivity contribution in [1.29, 1.82) is 0 Å². The number of halogens is 1. The van der Waals surface area contributed by atoms with Gasteiger partial charge in [-0.15, -0.1) is 16.4 Å². The minimum absolute atomic E-state index is 0.265. The van der Waals surface area contributed by atoms with E-state index >= 15 is 0 Å². The zero-order valence-corrected chi connectivity index (χ0v) is 15.6. The van der Waals surface area contributed by atoms with E-state index in [0.29, 0.717) is 11.1 Å². The number of nitrogens with one attached hydrogen (secondary N) is 1. The van der Waals surface area contributed by atoms with Crippen molar-refractivity contribution in [1.82, 2.24) is 19.6 Å². The molecule has 27 heavy (non-hydrogen) atoms. The number of ether oxygens (including phenoxy) is 1. The Hall–Kier alpha value is -3.04. The van der Waals surface area contributed by atoms with Gasteiger partial charge in [0, 0.05) is 10.9 Å². The first kappa shape index (κ1) is 16.2. The Labute approximate surface area is 160 Å². The van der Waals surface area contributed by atoms with E-state index in [1.165, 1.54) is 34.8 Å². The lowest BCUT2D eigenvalue weighted by atomic mass is 10.2. The van der Waals surface area contributed by atoms with Gasteiger partial charge in [0.05, 0.1) is 23.0 Å². The van der Waals surface area contributed by atoms with Gasteiger partial charge in [-0.2, -0.15) is 4.98 Å². The third-order valence-corrected chi connectivity index (χ3v) is 5.79. The largest absolute Gasteiger partial charge is 0.497 e. The van der Waals surface area contributed by atoms with Gasteiger partial charge in [-0.3, -0.25) is 5.32 Å². The second-order valence-electron chi connectivity index (χ2n) is 5.74. The number of hydrogen-bond donors (Lipinski definition) is 1. The summed E-state index contributed by atoms with van der Waals surface area (Å²) in [7, 11) is 1.64. The van der Waals surface area contributed by atoms with Gasteiger partial charge in [0.1, 0.15) is 11.6 Å². The number of anilines is 2. The van der Waals surface area contributed by atoms with Crippen LogP contribution in [-0.2, 0) is 0 Å². The van der Waals surface area contributed by atoms with Gasteiger partial charge < -0.3 is 4.74 Å². The van der Waals surface area contributed by atoms with Crippen LogP contribution < -0.4 is 10.1 Å². The second kappa shape index (κ2) is 6.29. The van der Waals surface area contributed by atoms with Gasteiger partial charge in [0.15, 0.2) is 5.13 Å². The summed E-state index contributed by atoms with van der Waals surface area (Å²) in [6, 6.07) is 12.1. The van der Waals surface area contributed by atoms with E-state index < -0.39 is 0 Å². The van der Waals surface area contributed by atoms with E-state index in [4.69, 9.17) is 4.74 Å². The molecule has 0 unspecified atom stereocenters. The van der Waals surface area contributed by atoms with E-state index in [1.54, 1.807) is 23.8 Å². The third-order valence-electron chi connectivity index (χ3n) is 4.04. The van der Waals surface area contributed by atoms with Gasteiger partial charge in [-0.25, -0.2) is 13.9 Å². The first-order valence-corrected chi connectivity index (χ1v) is 9.71. The van der Waals surface area contributed by atoms with E-state index in [2.05, 4.69) is 20.4 Å². The molecule has 0 radical (unpaired) electrons. The highest BCUT2D eigenvalue weighted by Crippen LogP contribution is 2.31. The second-order valence-corrected chi connectivity index (χ2v) is 7.60. The average Bonchev–Trinajstić information content (AvgIpc) is 3.35. The van der Waals surface area contributed by atoms with E-state index in [0.717, 1.165) is 32.2 Å². The smallest absolute Gasteiger partial charge is 0.250 e. The number of fused-ring (bicyclic) bond motifs is 2. The molecule has 0 aliphatic rings. The summed E-state index contributed by atoms with van der Waals surface area (Å²) in [4.78, 5) is 9.80. The molecule has 0 atom stereocenters. The summed E-state index contributed by atoms with van der Waals surface area (Å²) in [5.74, 6) is 0.997. The molecule has 0 spiro atoms. The van der Waals surface area contributed by atoms with Crippen molar-refractivity contribution >= 4 is 48.9 Å². The molecule has 0 amide bonds. The molecule has 0 saturated heterocycles. The van der Waals surface area contributed by atoms with Gasteiger partial charge >= 0.3 is 0 Å². The fourth-order valence-electron chi connectivity index (χ4n) is 2.73. The van der Waals surface area contributed by atoms with E-state index in [1.807, 2.05) is 23.6 Å². The normalized spacial score (nSPS) is 11.3. The predicted molar refractivity (Wildman–Crippen MR) is 106 cm³/mol. The van der Waals surface area contributed by atoms with Crippen LogP contribution in [0.2, 0.25) is 0 Å². The van der Waals surface area contributed by atoms with E-state index in [-0.39, 0.29) is 5.82 Å². The lowest BCUT2D eigenvalue weighted by Gasteiger charge is -1.98. The first-order chi connectivity index (χ1) is 13.2. The number of methoxy groups -OCH3 is 1. The van der Waals surface area contributed by atoms with Crippen molar-refractivity contribution in [2.45, 2.75) is 0 Å². The molecule has 1 N–H and O–H groups in total. The molecule has 6 nitrogen and oxygen atoms in total. The van der Waals surface area contributed by atoms with Crippen molar-refractivity contribution in [2.24, 2.45) is 0 Å². The number of hydrogen-bond acceptors (Lipinski definition) is 7. The van der Waals surface area contributed by atoms with Crippen LogP contribution in [0.25, 0.3) is 26.4 Å². The lowest BCUT2D eigenvalue weighted by molar-refractivity contribution is 0.415. The molecule has 3 heterocycles. The maximum Gasteiger partial charge on any atom is 0.250 e. The monoisotopic (exact) mass is 397 g/mol. The van der Waals surface area contributed by atoms with Crippen LogP contribution in [0.5, 0.6) is 5.75 Å². The number of nitrogens with zero attached hydrogens (tertiary/aromatic N) is 4. The van der Waals surface area contributed by atoms with Crippen LogP contribution in [-0.4, -0.2) is 26.7 Å². The molecule has 0 aliphatic heterocycles. The molecule has 134 valence electrons. The average molecular weight is 397 g/mol. The minimum atomic E-state index is -0.265. The van der Waals surface area contributed by atoms with Gasteiger partial charge in [-0.1, -0.05) is 11.3 Å². The molecular formula is C18H12FN5OS2. The van der Waals surface area contributed by atoms with Crippen LogP contribution >= 0.6 is 22.7 Å². The zero-order valence-electron chi connectivity index (χ0n) is 14.0. The van der Waals surface area contributed by atoms with Crippen molar-refractivity contribution in [3.63, 3.8) is 0 Å². The Morgan fingerprint density at radius 2 is 1.96 bits per heavy atom. The SMILES string of the molecule is COc1ccc2nc(Nc3nc4scc(-c5ccc(F)cc5)n4n3)sc2c1. The summed E-state index contributed by atoms with van der Waals surface area (Å²) in [6.07, 6.45) is 0. The van der Waals surface area contributed by atoms with Crippen molar-refractivity contribution in [3.8, 4) is 17.0 Å². The molecule has 3 aromatic heterocycles. The Morgan fingerprint density at radius 3 is 2.78 bits per heavy atom. The maximum atomic E-state index is 13.2. The van der Waals surface area contributed by atoms with Gasteiger partial charge in [0.25, 0.3) is 0 Å². The molecule has 9 heteroatoms. The number of thiazole rings is 2. The highest BCUT2D eigenvalue weighted by molar-refractivity contribution is 7.22. The Kier molecular flexibility index (Phi) is 3.76. The molecule has 5 rings (SSSR count). The van der Waals surface area contributed by atoms with Crippen molar-refractivity contribution in [3.05, 3.63) is 53.7 Å².